The fourth-order valence-electron chi connectivity index (χ4n) is 2.19. The largest absolute Gasteiger partial charge is 0.326 e. The number of carbonyl (C=O) groups excluding carboxylic acids is 1. The van der Waals surface area contributed by atoms with Crippen molar-refractivity contribution in [3.8, 4) is 0 Å². The second-order valence-electron chi connectivity index (χ2n) is 5.03. The highest BCUT2D eigenvalue weighted by molar-refractivity contribution is 9.10. The first kappa shape index (κ1) is 13.6. The van der Waals surface area contributed by atoms with Gasteiger partial charge in [0.05, 0.1) is 0 Å². The maximum atomic E-state index is 12.1. The first-order chi connectivity index (χ1) is 8.56. The highest BCUT2D eigenvalue weighted by Crippen LogP contribution is 2.23. The normalized spacial score (nSPS) is 17.7. The predicted octanol–water partition coefficient (Wildman–Crippen LogP) is 3.04. The van der Waals surface area contributed by atoms with Crippen LogP contribution in [0.3, 0.4) is 0 Å². The van der Waals surface area contributed by atoms with E-state index in [2.05, 4.69) is 33.2 Å². The number of halogens is 1. The van der Waals surface area contributed by atoms with Crippen molar-refractivity contribution in [2.24, 2.45) is 5.92 Å². The molecule has 3 nitrogen and oxygen atoms in total. The Kier molecular flexibility index (Phi) is 4.40. The molecule has 1 heterocycles. The molecule has 0 spiro atoms. The molecule has 18 heavy (non-hydrogen) atoms. The maximum absolute atomic E-state index is 12.1. The molecule has 1 aromatic carbocycles. The van der Waals surface area contributed by atoms with Crippen LogP contribution in [0.2, 0.25) is 0 Å². The molecule has 0 unspecified atom stereocenters. The molecule has 1 aliphatic rings. The van der Waals surface area contributed by atoms with Gasteiger partial charge < -0.3 is 10.2 Å². The number of anilines is 1. The molecule has 1 fully saturated rings. The first-order valence-electron chi connectivity index (χ1n) is 6.32. The summed E-state index contributed by atoms with van der Waals surface area (Å²) >= 11 is 3.48. The number of aryl methyl sites for hydroxylation is 1. The number of hydrogen-bond acceptors (Lipinski definition) is 2. The van der Waals surface area contributed by atoms with Gasteiger partial charge in [-0.1, -0.05) is 22.0 Å². The Hall–Kier alpha value is -0.870. The van der Waals surface area contributed by atoms with Crippen molar-refractivity contribution in [2.75, 3.05) is 25.5 Å². The van der Waals surface area contributed by atoms with Crippen LogP contribution in [0.25, 0.3) is 0 Å². The van der Waals surface area contributed by atoms with E-state index in [-0.39, 0.29) is 11.8 Å². The molecule has 2 rings (SSSR count). The minimum absolute atomic E-state index is 0.152. The van der Waals surface area contributed by atoms with Crippen LogP contribution in [0.4, 0.5) is 5.69 Å². The molecule has 0 aliphatic carbocycles. The monoisotopic (exact) mass is 310 g/mol. The lowest BCUT2D eigenvalue weighted by Crippen LogP contribution is -2.35. The number of rotatable bonds is 2. The average Bonchev–Trinajstić information content (AvgIpc) is 2.34. The van der Waals surface area contributed by atoms with Gasteiger partial charge in [-0.15, -0.1) is 0 Å². The SMILES string of the molecule is Cc1ccc(NC(=O)C2CCN(C)CC2)cc1Br. The average molecular weight is 311 g/mol. The molecule has 0 aromatic heterocycles. The summed E-state index contributed by atoms with van der Waals surface area (Å²) in [5.74, 6) is 0.306. The molecule has 1 amide bonds. The third kappa shape index (κ3) is 3.33. The molecule has 98 valence electrons. The lowest BCUT2D eigenvalue weighted by molar-refractivity contribution is -0.121. The van der Waals surface area contributed by atoms with Gasteiger partial charge in [-0.2, -0.15) is 0 Å². The zero-order chi connectivity index (χ0) is 13.1. The van der Waals surface area contributed by atoms with Crippen LogP contribution in [0, 0.1) is 12.8 Å². The summed E-state index contributed by atoms with van der Waals surface area (Å²) in [4.78, 5) is 14.4. The third-order valence-electron chi connectivity index (χ3n) is 3.53. The van der Waals surface area contributed by atoms with Crippen molar-refractivity contribution < 1.29 is 4.79 Å². The molecular weight excluding hydrogens is 292 g/mol. The number of carbonyl (C=O) groups is 1. The number of likely N-dealkylation sites (tertiary alicyclic amines) is 1. The zero-order valence-electron chi connectivity index (χ0n) is 10.9. The van der Waals surface area contributed by atoms with Crippen LogP contribution in [-0.4, -0.2) is 30.9 Å². The van der Waals surface area contributed by atoms with Crippen LogP contribution in [0.15, 0.2) is 22.7 Å². The quantitative estimate of drug-likeness (QED) is 0.910. The van der Waals surface area contributed by atoms with Gasteiger partial charge in [-0.25, -0.2) is 0 Å². The zero-order valence-corrected chi connectivity index (χ0v) is 12.5. The lowest BCUT2D eigenvalue weighted by atomic mass is 9.96. The molecular formula is C14H19BrN2O. The third-order valence-corrected chi connectivity index (χ3v) is 4.38. The number of nitrogens with zero attached hydrogens (tertiary/aromatic N) is 1. The topological polar surface area (TPSA) is 32.3 Å². The summed E-state index contributed by atoms with van der Waals surface area (Å²) in [5.41, 5.74) is 2.05. The molecule has 1 aromatic rings. The minimum Gasteiger partial charge on any atom is -0.326 e. The summed E-state index contributed by atoms with van der Waals surface area (Å²) in [6.07, 6.45) is 1.91. The molecule has 0 radical (unpaired) electrons. The van der Waals surface area contributed by atoms with Crippen LogP contribution >= 0.6 is 15.9 Å². The Balaban J connectivity index is 1.96. The molecule has 0 atom stereocenters. The molecule has 1 aliphatic heterocycles. The lowest BCUT2D eigenvalue weighted by Gasteiger charge is -2.28. The second-order valence-corrected chi connectivity index (χ2v) is 5.89. The van der Waals surface area contributed by atoms with E-state index in [9.17, 15) is 4.79 Å². The van der Waals surface area contributed by atoms with Gasteiger partial charge in [0.25, 0.3) is 0 Å². The van der Waals surface area contributed by atoms with E-state index in [1.165, 1.54) is 5.56 Å². The minimum atomic E-state index is 0.152. The Morgan fingerprint density at radius 3 is 2.67 bits per heavy atom. The van der Waals surface area contributed by atoms with Crippen LogP contribution in [-0.2, 0) is 4.79 Å². The fraction of sp³-hybridized carbons (Fsp3) is 0.500. The number of nitrogens with one attached hydrogen (secondary N) is 1. The van der Waals surface area contributed by atoms with Crippen molar-refractivity contribution in [2.45, 2.75) is 19.8 Å². The van der Waals surface area contributed by atoms with Gasteiger partial charge in [0, 0.05) is 16.1 Å². The van der Waals surface area contributed by atoms with E-state index in [1.807, 2.05) is 25.1 Å². The first-order valence-corrected chi connectivity index (χ1v) is 7.11. The summed E-state index contributed by atoms with van der Waals surface area (Å²) in [6, 6.07) is 5.92. The Labute approximate surface area is 117 Å². The van der Waals surface area contributed by atoms with E-state index in [0.717, 1.165) is 36.1 Å². The fourth-order valence-corrected chi connectivity index (χ4v) is 2.56. The molecule has 1 saturated heterocycles. The Morgan fingerprint density at radius 2 is 2.06 bits per heavy atom. The predicted molar refractivity (Wildman–Crippen MR) is 77.7 cm³/mol. The van der Waals surface area contributed by atoms with E-state index >= 15 is 0 Å². The van der Waals surface area contributed by atoms with E-state index < -0.39 is 0 Å². The van der Waals surface area contributed by atoms with Gasteiger partial charge in [0.2, 0.25) is 5.91 Å². The highest BCUT2D eigenvalue weighted by atomic mass is 79.9. The maximum Gasteiger partial charge on any atom is 0.227 e. The molecule has 0 bridgehead atoms. The molecule has 0 saturated carbocycles. The Morgan fingerprint density at radius 1 is 1.39 bits per heavy atom. The molecule has 4 heteroatoms. The number of hydrogen-bond donors (Lipinski definition) is 1. The highest BCUT2D eigenvalue weighted by Gasteiger charge is 2.23. The van der Waals surface area contributed by atoms with Crippen molar-refractivity contribution in [1.29, 1.82) is 0 Å². The van der Waals surface area contributed by atoms with Gasteiger partial charge in [-0.3, -0.25) is 4.79 Å². The number of benzene rings is 1. The number of amides is 1. The van der Waals surface area contributed by atoms with E-state index in [0.29, 0.717) is 0 Å². The summed E-state index contributed by atoms with van der Waals surface area (Å²) in [5, 5.41) is 3.01. The number of piperidine rings is 1. The van der Waals surface area contributed by atoms with Crippen molar-refractivity contribution in [1.82, 2.24) is 4.90 Å². The summed E-state index contributed by atoms with van der Waals surface area (Å²) < 4.78 is 1.03. The van der Waals surface area contributed by atoms with Crippen molar-refractivity contribution in [3.05, 3.63) is 28.2 Å². The van der Waals surface area contributed by atoms with E-state index in [1.54, 1.807) is 0 Å². The van der Waals surface area contributed by atoms with Gasteiger partial charge in [-0.05, 0) is 57.6 Å². The smallest absolute Gasteiger partial charge is 0.227 e. The van der Waals surface area contributed by atoms with Gasteiger partial charge in [0.1, 0.15) is 0 Å². The van der Waals surface area contributed by atoms with Crippen LogP contribution in [0.1, 0.15) is 18.4 Å². The standard InChI is InChI=1S/C14H19BrN2O/c1-10-3-4-12(9-13(10)15)16-14(18)11-5-7-17(2)8-6-11/h3-4,9,11H,5-8H2,1-2H3,(H,16,18). The van der Waals surface area contributed by atoms with Gasteiger partial charge in [0.15, 0.2) is 0 Å². The Bertz CT molecular complexity index is 439. The van der Waals surface area contributed by atoms with Crippen molar-refractivity contribution in [3.63, 3.8) is 0 Å². The van der Waals surface area contributed by atoms with Crippen LogP contribution < -0.4 is 5.32 Å². The van der Waals surface area contributed by atoms with E-state index in [4.69, 9.17) is 0 Å². The molecule has 1 N–H and O–H groups in total. The van der Waals surface area contributed by atoms with Gasteiger partial charge >= 0.3 is 0 Å². The van der Waals surface area contributed by atoms with Crippen molar-refractivity contribution >= 4 is 27.5 Å². The second kappa shape index (κ2) is 5.85. The summed E-state index contributed by atoms with van der Waals surface area (Å²) in [7, 11) is 2.10. The van der Waals surface area contributed by atoms with Crippen LogP contribution in [0.5, 0.6) is 0 Å². The summed E-state index contributed by atoms with van der Waals surface area (Å²) in [6.45, 7) is 4.05.